The minimum atomic E-state index is -0.482. The molecule has 0 aromatic carbocycles. The molecule has 6 nitrogen and oxygen atoms in total. The standard InChI is InChI=1S/C19H25N3O3S/c1-4-6-11-7-8-12-14(9-11)26-19(16(12)17(20)23)21-18(24)15-10(3)25-22-13(15)5-2/h11H,4-9H2,1-3H3,(H2,20,23)(H,21,24). The number of aromatic nitrogens is 1. The fourth-order valence-corrected chi connectivity index (χ4v) is 5.14. The van der Waals surface area contributed by atoms with Gasteiger partial charge < -0.3 is 15.6 Å². The highest BCUT2D eigenvalue weighted by atomic mass is 32.1. The van der Waals surface area contributed by atoms with Crippen molar-refractivity contribution >= 4 is 28.2 Å². The summed E-state index contributed by atoms with van der Waals surface area (Å²) in [5, 5.41) is 7.37. The zero-order chi connectivity index (χ0) is 18.8. The number of aryl methyl sites for hydroxylation is 2. The highest BCUT2D eigenvalue weighted by Gasteiger charge is 2.29. The number of rotatable bonds is 6. The van der Waals surface area contributed by atoms with E-state index in [2.05, 4.69) is 17.4 Å². The molecule has 0 saturated carbocycles. The van der Waals surface area contributed by atoms with Crippen LogP contribution in [0.3, 0.4) is 0 Å². The first kappa shape index (κ1) is 18.6. The molecule has 2 heterocycles. The molecule has 0 saturated heterocycles. The molecule has 7 heteroatoms. The van der Waals surface area contributed by atoms with Gasteiger partial charge in [-0.25, -0.2) is 0 Å². The molecule has 1 aliphatic carbocycles. The predicted molar refractivity (Wildman–Crippen MR) is 102 cm³/mol. The first-order valence-electron chi connectivity index (χ1n) is 9.17. The molecule has 26 heavy (non-hydrogen) atoms. The van der Waals surface area contributed by atoms with E-state index >= 15 is 0 Å². The molecule has 0 spiro atoms. The number of carbonyl (C=O) groups is 2. The Balaban J connectivity index is 1.92. The van der Waals surface area contributed by atoms with Gasteiger partial charge >= 0.3 is 0 Å². The van der Waals surface area contributed by atoms with Crippen molar-refractivity contribution < 1.29 is 14.1 Å². The lowest BCUT2D eigenvalue weighted by atomic mass is 9.84. The molecule has 3 N–H and O–H groups in total. The van der Waals surface area contributed by atoms with Crippen LogP contribution in [0, 0.1) is 12.8 Å². The summed E-state index contributed by atoms with van der Waals surface area (Å²) in [5.74, 6) is 0.336. The molecule has 0 fully saturated rings. The van der Waals surface area contributed by atoms with E-state index in [0.717, 1.165) is 31.2 Å². The first-order chi connectivity index (χ1) is 12.5. The largest absolute Gasteiger partial charge is 0.365 e. The van der Waals surface area contributed by atoms with Crippen LogP contribution in [0.15, 0.2) is 4.52 Å². The number of nitrogens with zero attached hydrogens (tertiary/aromatic N) is 1. The van der Waals surface area contributed by atoms with Crippen LogP contribution in [-0.4, -0.2) is 17.0 Å². The lowest BCUT2D eigenvalue weighted by molar-refractivity contribution is 0.1000. The first-order valence-corrected chi connectivity index (χ1v) is 9.98. The number of fused-ring (bicyclic) bond motifs is 1. The van der Waals surface area contributed by atoms with E-state index in [1.165, 1.54) is 22.6 Å². The normalized spacial score (nSPS) is 16.3. The molecule has 2 aromatic rings. The van der Waals surface area contributed by atoms with Crippen molar-refractivity contribution in [1.29, 1.82) is 0 Å². The van der Waals surface area contributed by atoms with Crippen LogP contribution in [0.4, 0.5) is 5.00 Å². The van der Waals surface area contributed by atoms with E-state index in [1.54, 1.807) is 6.92 Å². The van der Waals surface area contributed by atoms with Gasteiger partial charge in [-0.2, -0.15) is 0 Å². The van der Waals surface area contributed by atoms with E-state index in [1.807, 2.05) is 6.92 Å². The van der Waals surface area contributed by atoms with Gasteiger partial charge in [-0.15, -0.1) is 11.3 Å². The Morgan fingerprint density at radius 1 is 1.35 bits per heavy atom. The zero-order valence-corrected chi connectivity index (χ0v) is 16.3. The monoisotopic (exact) mass is 375 g/mol. The number of nitrogens with one attached hydrogen (secondary N) is 1. The Labute approximate surface area is 157 Å². The molecule has 140 valence electrons. The number of anilines is 1. The molecule has 1 atom stereocenters. The van der Waals surface area contributed by atoms with Crippen molar-refractivity contribution in [1.82, 2.24) is 5.16 Å². The van der Waals surface area contributed by atoms with Gasteiger partial charge in [-0.3, -0.25) is 9.59 Å². The molecular formula is C19H25N3O3S. The van der Waals surface area contributed by atoms with Gasteiger partial charge in [0.15, 0.2) is 0 Å². The van der Waals surface area contributed by atoms with Crippen LogP contribution in [0.5, 0.6) is 0 Å². The molecular weight excluding hydrogens is 350 g/mol. The number of carbonyl (C=O) groups excluding carboxylic acids is 2. The maximum Gasteiger partial charge on any atom is 0.261 e. The van der Waals surface area contributed by atoms with E-state index in [0.29, 0.717) is 39.9 Å². The Hall–Kier alpha value is -2.15. The summed E-state index contributed by atoms with van der Waals surface area (Å²) in [6, 6.07) is 0. The third-order valence-electron chi connectivity index (χ3n) is 5.03. The number of thiophene rings is 1. The van der Waals surface area contributed by atoms with Crippen LogP contribution < -0.4 is 11.1 Å². The number of hydrogen-bond donors (Lipinski definition) is 2. The minimum absolute atomic E-state index is 0.299. The van der Waals surface area contributed by atoms with Crippen molar-refractivity contribution in [3.8, 4) is 0 Å². The zero-order valence-electron chi connectivity index (χ0n) is 15.5. The Bertz CT molecular complexity index is 837. The average Bonchev–Trinajstić information content (AvgIpc) is 3.14. The SMILES string of the molecule is CCCC1CCc2c(sc(NC(=O)c3c(CC)noc3C)c2C(N)=O)C1. The number of hydrogen-bond acceptors (Lipinski definition) is 5. The predicted octanol–water partition coefficient (Wildman–Crippen LogP) is 3.86. The molecule has 2 amide bonds. The second-order valence-corrected chi connectivity index (χ2v) is 7.94. The summed E-state index contributed by atoms with van der Waals surface area (Å²) >= 11 is 1.48. The summed E-state index contributed by atoms with van der Waals surface area (Å²) in [4.78, 5) is 26.0. The van der Waals surface area contributed by atoms with E-state index in [9.17, 15) is 9.59 Å². The Kier molecular flexibility index (Phi) is 5.46. The van der Waals surface area contributed by atoms with Crippen molar-refractivity contribution in [3.05, 3.63) is 33.0 Å². The molecule has 0 bridgehead atoms. The summed E-state index contributed by atoms with van der Waals surface area (Å²) in [6.07, 6.45) is 5.81. The quantitative estimate of drug-likeness (QED) is 0.801. The molecule has 0 aliphatic heterocycles. The third-order valence-corrected chi connectivity index (χ3v) is 6.20. The maximum atomic E-state index is 12.8. The minimum Gasteiger partial charge on any atom is -0.365 e. The van der Waals surface area contributed by atoms with Crippen molar-refractivity contribution in [2.24, 2.45) is 11.7 Å². The highest BCUT2D eigenvalue weighted by molar-refractivity contribution is 7.17. The summed E-state index contributed by atoms with van der Waals surface area (Å²) in [5.41, 5.74) is 8.19. The Morgan fingerprint density at radius 3 is 2.77 bits per heavy atom. The molecule has 0 radical (unpaired) electrons. The van der Waals surface area contributed by atoms with Gasteiger partial charge in [-0.05, 0) is 44.1 Å². The fourth-order valence-electron chi connectivity index (χ4n) is 3.77. The average molecular weight is 375 g/mol. The Morgan fingerprint density at radius 2 is 2.12 bits per heavy atom. The summed E-state index contributed by atoms with van der Waals surface area (Å²) in [6.45, 7) is 5.82. The highest BCUT2D eigenvalue weighted by Crippen LogP contribution is 2.40. The molecule has 1 unspecified atom stereocenters. The summed E-state index contributed by atoms with van der Waals surface area (Å²) < 4.78 is 5.15. The lowest BCUT2D eigenvalue weighted by Gasteiger charge is -2.21. The lowest BCUT2D eigenvalue weighted by Crippen LogP contribution is -2.20. The van der Waals surface area contributed by atoms with Gasteiger partial charge in [0.25, 0.3) is 11.8 Å². The second-order valence-electron chi connectivity index (χ2n) is 6.84. The van der Waals surface area contributed by atoms with Gasteiger partial charge in [0, 0.05) is 4.88 Å². The number of amides is 2. The van der Waals surface area contributed by atoms with Gasteiger partial charge in [0.2, 0.25) is 0 Å². The number of nitrogens with two attached hydrogens (primary N) is 1. The third kappa shape index (κ3) is 3.40. The van der Waals surface area contributed by atoms with Crippen molar-refractivity contribution in [2.75, 3.05) is 5.32 Å². The van der Waals surface area contributed by atoms with Crippen molar-refractivity contribution in [3.63, 3.8) is 0 Å². The van der Waals surface area contributed by atoms with E-state index in [-0.39, 0.29) is 5.91 Å². The van der Waals surface area contributed by atoms with Crippen molar-refractivity contribution in [2.45, 2.75) is 59.3 Å². The van der Waals surface area contributed by atoms with Crippen LogP contribution >= 0.6 is 11.3 Å². The van der Waals surface area contributed by atoms with Crippen LogP contribution in [0.2, 0.25) is 0 Å². The topological polar surface area (TPSA) is 98.2 Å². The van der Waals surface area contributed by atoms with E-state index < -0.39 is 5.91 Å². The number of primary amides is 1. The molecule has 2 aromatic heterocycles. The molecule has 3 rings (SSSR count). The van der Waals surface area contributed by atoms with Gasteiger partial charge in [0.05, 0.1) is 11.3 Å². The maximum absolute atomic E-state index is 12.8. The van der Waals surface area contributed by atoms with Gasteiger partial charge in [0.1, 0.15) is 16.3 Å². The van der Waals surface area contributed by atoms with Crippen LogP contribution in [0.25, 0.3) is 0 Å². The van der Waals surface area contributed by atoms with E-state index in [4.69, 9.17) is 10.3 Å². The summed E-state index contributed by atoms with van der Waals surface area (Å²) in [7, 11) is 0. The van der Waals surface area contributed by atoms with Crippen LogP contribution in [-0.2, 0) is 19.3 Å². The smallest absolute Gasteiger partial charge is 0.261 e. The second kappa shape index (κ2) is 7.61. The van der Waals surface area contributed by atoms with Crippen LogP contribution in [0.1, 0.15) is 75.7 Å². The van der Waals surface area contributed by atoms with Gasteiger partial charge in [-0.1, -0.05) is 31.8 Å². The fraction of sp³-hybridized carbons (Fsp3) is 0.526. The molecule has 1 aliphatic rings.